The smallest absolute Gasteiger partial charge is 0.276 e. The summed E-state index contributed by atoms with van der Waals surface area (Å²) >= 11 is 0. The minimum Gasteiger partial charge on any atom is -0.447 e. The van der Waals surface area contributed by atoms with Crippen molar-refractivity contribution in [3.63, 3.8) is 0 Å². The van der Waals surface area contributed by atoms with Crippen LogP contribution in [-0.2, 0) is 16.6 Å². The van der Waals surface area contributed by atoms with Crippen molar-refractivity contribution in [3.8, 4) is 0 Å². The molecule has 1 aromatic rings. The highest BCUT2D eigenvalue weighted by atomic mass is 32.2. The number of hydrogen-bond acceptors (Lipinski definition) is 5. The average Bonchev–Trinajstić information content (AvgIpc) is 2.87. The van der Waals surface area contributed by atoms with Crippen LogP contribution in [-0.4, -0.2) is 44.9 Å². The third kappa shape index (κ3) is 3.56. The van der Waals surface area contributed by atoms with Crippen LogP contribution >= 0.6 is 0 Å². The number of furan rings is 1. The summed E-state index contributed by atoms with van der Waals surface area (Å²) in [5.41, 5.74) is 0. The molecule has 2 rings (SSSR count). The van der Waals surface area contributed by atoms with Gasteiger partial charge in [-0.15, -0.1) is 0 Å². The summed E-state index contributed by atoms with van der Waals surface area (Å²) in [7, 11) is -3.48. The predicted octanol–water partition coefficient (Wildman–Crippen LogP) is 0.372. The van der Waals surface area contributed by atoms with Crippen molar-refractivity contribution < 1.29 is 12.8 Å². The van der Waals surface area contributed by atoms with E-state index in [9.17, 15) is 8.42 Å². The quantitative estimate of drug-likeness (QED) is 0.818. The summed E-state index contributed by atoms with van der Waals surface area (Å²) in [6.45, 7) is 6.94. The van der Waals surface area contributed by atoms with E-state index in [1.54, 1.807) is 6.07 Å². The summed E-state index contributed by atoms with van der Waals surface area (Å²) in [6.07, 6.45) is 0. The van der Waals surface area contributed by atoms with Gasteiger partial charge < -0.3 is 15.1 Å². The molecule has 2 N–H and O–H groups in total. The molecule has 108 valence electrons. The van der Waals surface area contributed by atoms with Crippen molar-refractivity contribution >= 4 is 10.0 Å². The van der Waals surface area contributed by atoms with Gasteiger partial charge in [-0.2, -0.15) is 4.31 Å². The fourth-order valence-electron chi connectivity index (χ4n) is 1.91. The summed E-state index contributed by atoms with van der Waals surface area (Å²) < 4.78 is 31.5. The Morgan fingerprint density at radius 1 is 1.37 bits per heavy atom. The van der Waals surface area contributed by atoms with Crippen molar-refractivity contribution in [1.82, 2.24) is 14.9 Å². The summed E-state index contributed by atoms with van der Waals surface area (Å²) in [6, 6.07) is 3.58. The fourth-order valence-corrected chi connectivity index (χ4v) is 3.28. The maximum absolute atomic E-state index is 12.3. The monoisotopic (exact) mass is 287 g/mol. The lowest BCUT2D eigenvalue weighted by Gasteiger charge is -2.25. The fraction of sp³-hybridized carbons (Fsp3) is 0.667. The molecule has 1 aromatic heterocycles. The first-order valence-electron chi connectivity index (χ1n) is 6.53. The van der Waals surface area contributed by atoms with Gasteiger partial charge in [-0.1, -0.05) is 13.8 Å². The SMILES string of the molecule is CC(C)NCc1ccc(S(=O)(=O)N2CCNCC2)o1. The van der Waals surface area contributed by atoms with Gasteiger partial charge >= 0.3 is 0 Å². The van der Waals surface area contributed by atoms with E-state index in [0.29, 0.717) is 44.5 Å². The van der Waals surface area contributed by atoms with Crippen molar-refractivity contribution in [2.75, 3.05) is 26.2 Å². The molecule has 1 aliphatic heterocycles. The molecule has 1 saturated heterocycles. The van der Waals surface area contributed by atoms with E-state index in [-0.39, 0.29) is 5.09 Å². The van der Waals surface area contributed by atoms with Crippen molar-refractivity contribution in [1.29, 1.82) is 0 Å². The molecule has 0 aliphatic carbocycles. The lowest BCUT2D eigenvalue weighted by Crippen LogP contribution is -2.46. The van der Waals surface area contributed by atoms with Gasteiger partial charge in [0.1, 0.15) is 5.76 Å². The third-order valence-corrected chi connectivity index (χ3v) is 4.76. The molecule has 0 saturated carbocycles. The molecular weight excluding hydrogens is 266 g/mol. The zero-order chi connectivity index (χ0) is 13.9. The molecule has 0 aromatic carbocycles. The highest BCUT2D eigenvalue weighted by Gasteiger charge is 2.28. The first kappa shape index (κ1) is 14.5. The molecule has 0 unspecified atom stereocenters. The van der Waals surface area contributed by atoms with Crippen LogP contribution in [0.15, 0.2) is 21.6 Å². The second-order valence-corrected chi connectivity index (χ2v) is 6.78. The van der Waals surface area contributed by atoms with E-state index in [1.807, 2.05) is 13.8 Å². The van der Waals surface area contributed by atoms with Gasteiger partial charge in [0.05, 0.1) is 6.54 Å². The van der Waals surface area contributed by atoms with E-state index >= 15 is 0 Å². The van der Waals surface area contributed by atoms with Gasteiger partial charge in [-0.3, -0.25) is 0 Å². The van der Waals surface area contributed by atoms with Crippen molar-refractivity contribution in [2.45, 2.75) is 31.5 Å². The zero-order valence-electron chi connectivity index (χ0n) is 11.3. The molecule has 19 heavy (non-hydrogen) atoms. The predicted molar refractivity (Wildman–Crippen MR) is 72.3 cm³/mol. The van der Waals surface area contributed by atoms with Crippen molar-refractivity contribution in [3.05, 3.63) is 17.9 Å². The first-order chi connectivity index (χ1) is 9.00. The summed E-state index contributed by atoms with van der Waals surface area (Å²) in [4.78, 5) is 0. The zero-order valence-corrected chi connectivity index (χ0v) is 12.2. The Hall–Kier alpha value is -0.890. The Balaban J connectivity index is 2.08. The minimum atomic E-state index is -3.48. The van der Waals surface area contributed by atoms with Crippen LogP contribution in [0.3, 0.4) is 0 Å². The summed E-state index contributed by atoms with van der Waals surface area (Å²) in [5, 5.41) is 6.36. The van der Waals surface area contributed by atoms with Crippen LogP contribution in [0.5, 0.6) is 0 Å². The van der Waals surface area contributed by atoms with Crippen LogP contribution in [0.2, 0.25) is 0 Å². The first-order valence-corrected chi connectivity index (χ1v) is 7.97. The Bertz CT molecular complexity index is 504. The van der Waals surface area contributed by atoms with Gasteiger partial charge in [0, 0.05) is 32.2 Å². The number of nitrogens with one attached hydrogen (secondary N) is 2. The van der Waals surface area contributed by atoms with Gasteiger partial charge in [-0.05, 0) is 12.1 Å². The number of nitrogens with zero attached hydrogens (tertiary/aromatic N) is 1. The van der Waals surface area contributed by atoms with Crippen molar-refractivity contribution in [2.24, 2.45) is 0 Å². The molecule has 0 spiro atoms. The molecule has 0 bridgehead atoms. The van der Waals surface area contributed by atoms with Gasteiger partial charge in [0.2, 0.25) is 5.09 Å². The van der Waals surface area contributed by atoms with Crippen LogP contribution in [0.1, 0.15) is 19.6 Å². The largest absolute Gasteiger partial charge is 0.447 e. The van der Waals surface area contributed by atoms with E-state index in [1.165, 1.54) is 10.4 Å². The highest BCUT2D eigenvalue weighted by molar-refractivity contribution is 7.89. The maximum Gasteiger partial charge on any atom is 0.276 e. The topological polar surface area (TPSA) is 74.6 Å². The van der Waals surface area contributed by atoms with Gasteiger partial charge in [0.15, 0.2) is 0 Å². The van der Waals surface area contributed by atoms with E-state index in [2.05, 4.69) is 10.6 Å². The second kappa shape index (κ2) is 6.04. The Kier molecular flexibility index (Phi) is 4.62. The van der Waals surface area contributed by atoms with E-state index in [4.69, 9.17) is 4.42 Å². The van der Waals surface area contributed by atoms with Crippen LogP contribution in [0.4, 0.5) is 0 Å². The van der Waals surface area contributed by atoms with Gasteiger partial charge in [0.25, 0.3) is 10.0 Å². The Morgan fingerprint density at radius 3 is 2.68 bits per heavy atom. The molecule has 7 heteroatoms. The number of piperazine rings is 1. The maximum atomic E-state index is 12.3. The number of rotatable bonds is 5. The molecule has 1 fully saturated rings. The molecule has 0 atom stereocenters. The van der Waals surface area contributed by atoms with Crippen LogP contribution in [0.25, 0.3) is 0 Å². The normalized spacial score (nSPS) is 18.1. The number of sulfonamides is 1. The van der Waals surface area contributed by atoms with E-state index < -0.39 is 10.0 Å². The summed E-state index contributed by atoms with van der Waals surface area (Å²) in [5.74, 6) is 0.641. The minimum absolute atomic E-state index is 0.0370. The average molecular weight is 287 g/mol. The molecular formula is C12H21N3O3S. The van der Waals surface area contributed by atoms with Crippen LogP contribution < -0.4 is 10.6 Å². The Morgan fingerprint density at radius 2 is 2.05 bits per heavy atom. The van der Waals surface area contributed by atoms with E-state index in [0.717, 1.165) is 0 Å². The molecule has 2 heterocycles. The third-order valence-electron chi connectivity index (χ3n) is 2.99. The number of hydrogen-bond donors (Lipinski definition) is 2. The van der Waals surface area contributed by atoms with Gasteiger partial charge in [-0.25, -0.2) is 8.42 Å². The lowest BCUT2D eigenvalue weighted by molar-refractivity contribution is 0.335. The molecule has 1 aliphatic rings. The molecule has 6 nitrogen and oxygen atoms in total. The molecule has 0 amide bonds. The second-order valence-electron chi connectivity index (χ2n) is 4.91. The van der Waals surface area contributed by atoms with Crippen LogP contribution in [0, 0.1) is 0 Å². The standard InChI is InChI=1S/C12H21N3O3S/c1-10(2)14-9-11-3-4-12(18-11)19(16,17)15-7-5-13-6-8-15/h3-4,10,13-14H,5-9H2,1-2H3. The highest BCUT2D eigenvalue weighted by Crippen LogP contribution is 2.19. The molecule has 0 radical (unpaired) electrons. The lowest BCUT2D eigenvalue weighted by atomic mass is 10.3. The Labute approximate surface area is 114 Å².